The fourth-order valence-electron chi connectivity index (χ4n) is 2.70. The molecule has 1 heterocycles. The number of aromatic nitrogens is 2. The van der Waals surface area contributed by atoms with Gasteiger partial charge in [-0.15, -0.1) is 0 Å². The van der Waals surface area contributed by atoms with E-state index in [1.165, 1.54) is 69.9 Å². The summed E-state index contributed by atoms with van der Waals surface area (Å²) in [4.78, 5) is 0. The first-order valence-electron chi connectivity index (χ1n) is 8.58. The van der Waals surface area contributed by atoms with Crippen LogP contribution in [0.25, 0.3) is 0 Å². The number of rotatable bonds is 11. The minimum absolute atomic E-state index is 0.622. The molecule has 0 aromatic carbocycles. The SMILES string of the molecule is CCCCCCC(CCCCCC)c1ccc(C)nn1. The first-order chi connectivity index (χ1) is 9.77. The Kier molecular flexibility index (Phi) is 9.27. The van der Waals surface area contributed by atoms with E-state index in [0.717, 1.165) is 5.69 Å². The summed E-state index contributed by atoms with van der Waals surface area (Å²) in [6.45, 7) is 6.55. The molecule has 0 aliphatic rings. The van der Waals surface area contributed by atoms with E-state index in [9.17, 15) is 0 Å². The van der Waals surface area contributed by atoms with E-state index < -0.39 is 0 Å². The van der Waals surface area contributed by atoms with Gasteiger partial charge in [-0.05, 0) is 31.9 Å². The van der Waals surface area contributed by atoms with Crippen LogP contribution in [0.15, 0.2) is 12.1 Å². The highest BCUT2D eigenvalue weighted by Crippen LogP contribution is 2.27. The smallest absolute Gasteiger partial charge is 0.0662 e. The van der Waals surface area contributed by atoms with Gasteiger partial charge in [0.05, 0.1) is 11.4 Å². The lowest BCUT2D eigenvalue weighted by molar-refractivity contribution is 0.485. The predicted octanol–water partition coefficient (Wildman–Crippen LogP) is 5.81. The Morgan fingerprint density at radius 1 is 0.800 bits per heavy atom. The van der Waals surface area contributed by atoms with Crippen LogP contribution in [-0.4, -0.2) is 10.2 Å². The molecule has 20 heavy (non-hydrogen) atoms. The zero-order chi connectivity index (χ0) is 14.6. The molecule has 0 saturated carbocycles. The molecule has 2 nitrogen and oxygen atoms in total. The minimum atomic E-state index is 0.622. The molecular formula is C18H32N2. The van der Waals surface area contributed by atoms with Crippen LogP contribution >= 0.6 is 0 Å². The molecule has 1 aromatic rings. The molecule has 0 radical (unpaired) electrons. The monoisotopic (exact) mass is 276 g/mol. The number of hydrogen-bond acceptors (Lipinski definition) is 2. The van der Waals surface area contributed by atoms with Crippen molar-refractivity contribution in [3.63, 3.8) is 0 Å². The first kappa shape index (κ1) is 17.1. The molecule has 0 saturated heterocycles. The first-order valence-corrected chi connectivity index (χ1v) is 8.58. The highest BCUT2D eigenvalue weighted by molar-refractivity contribution is 5.10. The molecule has 0 amide bonds. The molecule has 114 valence electrons. The van der Waals surface area contributed by atoms with Crippen LogP contribution in [0.3, 0.4) is 0 Å². The summed E-state index contributed by atoms with van der Waals surface area (Å²) in [7, 11) is 0. The molecule has 0 aliphatic heterocycles. The van der Waals surface area contributed by atoms with Crippen molar-refractivity contribution in [2.24, 2.45) is 0 Å². The maximum Gasteiger partial charge on any atom is 0.0662 e. The summed E-state index contributed by atoms with van der Waals surface area (Å²) in [5, 5.41) is 8.67. The van der Waals surface area contributed by atoms with Gasteiger partial charge in [0, 0.05) is 5.92 Å². The van der Waals surface area contributed by atoms with Crippen molar-refractivity contribution < 1.29 is 0 Å². The lowest BCUT2D eigenvalue weighted by atomic mass is 9.91. The predicted molar refractivity (Wildman–Crippen MR) is 87.0 cm³/mol. The van der Waals surface area contributed by atoms with Crippen molar-refractivity contribution in [1.82, 2.24) is 10.2 Å². The fourth-order valence-corrected chi connectivity index (χ4v) is 2.70. The molecule has 0 spiro atoms. The van der Waals surface area contributed by atoms with Gasteiger partial charge in [0.15, 0.2) is 0 Å². The summed E-state index contributed by atoms with van der Waals surface area (Å²) in [5.41, 5.74) is 2.23. The quantitative estimate of drug-likeness (QED) is 0.477. The largest absolute Gasteiger partial charge is 0.156 e. The zero-order valence-electron chi connectivity index (χ0n) is 13.7. The summed E-state index contributed by atoms with van der Waals surface area (Å²) >= 11 is 0. The summed E-state index contributed by atoms with van der Waals surface area (Å²) in [6, 6.07) is 4.29. The van der Waals surface area contributed by atoms with Crippen LogP contribution in [0.5, 0.6) is 0 Å². The van der Waals surface area contributed by atoms with Gasteiger partial charge in [0.2, 0.25) is 0 Å². The zero-order valence-corrected chi connectivity index (χ0v) is 13.7. The van der Waals surface area contributed by atoms with Gasteiger partial charge in [0.1, 0.15) is 0 Å². The highest BCUT2D eigenvalue weighted by atomic mass is 15.1. The Balaban J connectivity index is 2.47. The third-order valence-corrected chi connectivity index (χ3v) is 4.05. The van der Waals surface area contributed by atoms with Crippen molar-refractivity contribution in [3.05, 3.63) is 23.5 Å². The third-order valence-electron chi connectivity index (χ3n) is 4.05. The van der Waals surface area contributed by atoms with Gasteiger partial charge >= 0.3 is 0 Å². The fraction of sp³-hybridized carbons (Fsp3) is 0.778. The molecule has 0 bridgehead atoms. The van der Waals surface area contributed by atoms with Crippen molar-refractivity contribution >= 4 is 0 Å². The molecule has 0 fully saturated rings. The third kappa shape index (κ3) is 7.02. The Morgan fingerprint density at radius 3 is 1.85 bits per heavy atom. The van der Waals surface area contributed by atoms with Gasteiger partial charge in [0.25, 0.3) is 0 Å². The molecule has 2 heteroatoms. The van der Waals surface area contributed by atoms with Gasteiger partial charge in [-0.3, -0.25) is 0 Å². The van der Waals surface area contributed by atoms with Gasteiger partial charge in [-0.25, -0.2) is 0 Å². The van der Waals surface area contributed by atoms with Crippen molar-refractivity contribution in [3.8, 4) is 0 Å². The molecule has 1 rings (SSSR count). The van der Waals surface area contributed by atoms with Crippen molar-refractivity contribution in [2.45, 2.75) is 90.9 Å². The van der Waals surface area contributed by atoms with Crippen LogP contribution in [0.4, 0.5) is 0 Å². The summed E-state index contributed by atoms with van der Waals surface area (Å²) in [5.74, 6) is 0.622. The lowest BCUT2D eigenvalue weighted by Crippen LogP contribution is -2.04. The molecule has 0 N–H and O–H groups in total. The highest BCUT2D eigenvalue weighted by Gasteiger charge is 2.13. The van der Waals surface area contributed by atoms with Gasteiger partial charge in [-0.2, -0.15) is 10.2 Å². The second kappa shape index (κ2) is 10.8. The molecule has 0 unspecified atom stereocenters. The summed E-state index contributed by atoms with van der Waals surface area (Å²) < 4.78 is 0. The Bertz CT molecular complexity index is 320. The molecule has 0 atom stereocenters. The number of unbranched alkanes of at least 4 members (excludes halogenated alkanes) is 6. The van der Waals surface area contributed by atoms with Crippen molar-refractivity contribution in [1.29, 1.82) is 0 Å². The van der Waals surface area contributed by atoms with E-state index >= 15 is 0 Å². The van der Waals surface area contributed by atoms with Crippen LogP contribution in [-0.2, 0) is 0 Å². The Hall–Kier alpha value is -0.920. The number of nitrogens with zero attached hydrogens (tertiary/aromatic N) is 2. The molecular weight excluding hydrogens is 244 g/mol. The van der Waals surface area contributed by atoms with E-state index in [1.807, 2.05) is 6.92 Å². The standard InChI is InChI=1S/C18H32N2/c1-4-6-8-10-12-17(13-11-9-7-5-2)18-15-14-16(3)19-20-18/h14-15,17H,4-13H2,1-3H3. The Morgan fingerprint density at radius 2 is 1.40 bits per heavy atom. The van der Waals surface area contributed by atoms with Crippen LogP contribution in [0.2, 0.25) is 0 Å². The van der Waals surface area contributed by atoms with E-state index in [2.05, 4.69) is 36.2 Å². The Labute approximate surface area is 125 Å². The number of aryl methyl sites for hydroxylation is 1. The second-order valence-corrected chi connectivity index (χ2v) is 6.00. The minimum Gasteiger partial charge on any atom is -0.156 e. The van der Waals surface area contributed by atoms with E-state index in [1.54, 1.807) is 0 Å². The normalized spacial score (nSPS) is 11.2. The van der Waals surface area contributed by atoms with Gasteiger partial charge < -0.3 is 0 Å². The second-order valence-electron chi connectivity index (χ2n) is 6.00. The van der Waals surface area contributed by atoms with Crippen LogP contribution in [0.1, 0.15) is 95.4 Å². The maximum absolute atomic E-state index is 4.43. The van der Waals surface area contributed by atoms with Gasteiger partial charge in [-0.1, -0.05) is 65.2 Å². The average Bonchev–Trinajstić information content (AvgIpc) is 2.47. The topological polar surface area (TPSA) is 25.8 Å². The van der Waals surface area contributed by atoms with E-state index in [0.29, 0.717) is 5.92 Å². The number of hydrogen-bond donors (Lipinski definition) is 0. The average molecular weight is 276 g/mol. The molecule has 1 aromatic heterocycles. The lowest BCUT2D eigenvalue weighted by Gasteiger charge is -2.16. The van der Waals surface area contributed by atoms with E-state index in [-0.39, 0.29) is 0 Å². The summed E-state index contributed by atoms with van der Waals surface area (Å²) in [6.07, 6.45) is 13.3. The van der Waals surface area contributed by atoms with Crippen molar-refractivity contribution in [2.75, 3.05) is 0 Å². The molecule has 0 aliphatic carbocycles. The van der Waals surface area contributed by atoms with Crippen LogP contribution in [0, 0.1) is 6.92 Å². The van der Waals surface area contributed by atoms with Crippen LogP contribution < -0.4 is 0 Å². The van der Waals surface area contributed by atoms with E-state index in [4.69, 9.17) is 0 Å². The maximum atomic E-state index is 4.43.